The summed E-state index contributed by atoms with van der Waals surface area (Å²) in [6.45, 7) is 1.51. The normalized spacial score (nSPS) is 25.4. The van der Waals surface area contributed by atoms with Crippen LogP contribution >= 0.6 is 0 Å². The van der Waals surface area contributed by atoms with Crippen LogP contribution in [-0.4, -0.2) is 49.8 Å². The predicted molar refractivity (Wildman–Crippen MR) is 55.2 cm³/mol. The minimum Gasteiger partial charge on any atom is -0.362 e. The SMILES string of the molecule is CC1(CN)CCN(C(=O)COCC(F)(F)F)C1. The lowest BCUT2D eigenvalue weighted by atomic mass is 9.90. The largest absolute Gasteiger partial charge is 0.411 e. The number of amides is 1. The summed E-state index contributed by atoms with van der Waals surface area (Å²) in [7, 11) is 0. The van der Waals surface area contributed by atoms with Gasteiger partial charge in [-0.3, -0.25) is 4.79 Å². The zero-order chi connectivity index (χ0) is 13.1. The topological polar surface area (TPSA) is 55.6 Å². The van der Waals surface area contributed by atoms with E-state index in [1.165, 1.54) is 4.90 Å². The predicted octanol–water partition coefficient (Wildman–Crippen LogP) is 0.763. The molecule has 7 heteroatoms. The van der Waals surface area contributed by atoms with E-state index >= 15 is 0 Å². The highest BCUT2D eigenvalue weighted by molar-refractivity contribution is 5.77. The van der Waals surface area contributed by atoms with Crippen LogP contribution in [0, 0.1) is 5.41 Å². The van der Waals surface area contributed by atoms with Crippen molar-refractivity contribution in [1.82, 2.24) is 4.90 Å². The van der Waals surface area contributed by atoms with Gasteiger partial charge in [0.1, 0.15) is 13.2 Å². The van der Waals surface area contributed by atoms with Crippen LogP contribution in [0.4, 0.5) is 13.2 Å². The van der Waals surface area contributed by atoms with Crippen LogP contribution < -0.4 is 5.73 Å². The fourth-order valence-electron chi connectivity index (χ4n) is 1.75. The van der Waals surface area contributed by atoms with Crippen molar-refractivity contribution < 1.29 is 22.7 Å². The van der Waals surface area contributed by atoms with E-state index in [4.69, 9.17) is 5.73 Å². The average Bonchev–Trinajstić information content (AvgIpc) is 2.60. The molecule has 1 saturated heterocycles. The maximum Gasteiger partial charge on any atom is 0.411 e. The number of nitrogens with zero attached hydrogens (tertiary/aromatic N) is 1. The number of carbonyl (C=O) groups is 1. The molecule has 100 valence electrons. The molecule has 0 aliphatic carbocycles. The van der Waals surface area contributed by atoms with Crippen molar-refractivity contribution in [2.75, 3.05) is 32.8 Å². The molecule has 0 aromatic heterocycles. The number of carbonyl (C=O) groups excluding carboxylic acids is 1. The number of alkyl halides is 3. The van der Waals surface area contributed by atoms with Gasteiger partial charge in [-0.2, -0.15) is 13.2 Å². The summed E-state index contributed by atoms with van der Waals surface area (Å²) in [5, 5.41) is 0. The first-order valence-corrected chi connectivity index (χ1v) is 5.38. The van der Waals surface area contributed by atoms with Gasteiger partial charge in [0.2, 0.25) is 5.91 Å². The van der Waals surface area contributed by atoms with Gasteiger partial charge in [-0.25, -0.2) is 0 Å². The summed E-state index contributed by atoms with van der Waals surface area (Å²) < 4.78 is 39.7. The summed E-state index contributed by atoms with van der Waals surface area (Å²) in [5.74, 6) is -0.411. The molecule has 1 aliphatic rings. The molecule has 1 fully saturated rings. The molecule has 0 spiro atoms. The molecule has 0 radical (unpaired) electrons. The maximum absolute atomic E-state index is 11.8. The van der Waals surface area contributed by atoms with Crippen molar-refractivity contribution in [3.63, 3.8) is 0 Å². The summed E-state index contributed by atoms with van der Waals surface area (Å²) >= 11 is 0. The molecule has 0 bridgehead atoms. The fraction of sp³-hybridized carbons (Fsp3) is 0.900. The van der Waals surface area contributed by atoms with Crippen LogP contribution in [0.1, 0.15) is 13.3 Å². The van der Waals surface area contributed by atoms with Gasteiger partial charge in [-0.15, -0.1) is 0 Å². The summed E-state index contributed by atoms with van der Waals surface area (Å²) in [5.41, 5.74) is 5.44. The van der Waals surface area contributed by atoms with Crippen molar-refractivity contribution in [3.05, 3.63) is 0 Å². The lowest BCUT2D eigenvalue weighted by Gasteiger charge is -2.22. The zero-order valence-corrected chi connectivity index (χ0v) is 9.72. The molecule has 1 aliphatic heterocycles. The Kier molecular flexibility index (Phi) is 4.37. The van der Waals surface area contributed by atoms with Gasteiger partial charge < -0.3 is 15.4 Å². The van der Waals surface area contributed by atoms with Gasteiger partial charge in [-0.1, -0.05) is 6.92 Å². The third kappa shape index (κ3) is 4.51. The Morgan fingerprint density at radius 1 is 1.53 bits per heavy atom. The monoisotopic (exact) mass is 254 g/mol. The van der Waals surface area contributed by atoms with Crippen molar-refractivity contribution in [3.8, 4) is 0 Å². The minimum absolute atomic E-state index is 0.125. The average molecular weight is 254 g/mol. The highest BCUT2D eigenvalue weighted by atomic mass is 19.4. The van der Waals surface area contributed by atoms with E-state index in [2.05, 4.69) is 4.74 Å². The number of hydrogen-bond acceptors (Lipinski definition) is 3. The van der Waals surface area contributed by atoms with Gasteiger partial charge >= 0.3 is 6.18 Å². The molecule has 4 nitrogen and oxygen atoms in total. The van der Waals surface area contributed by atoms with Gasteiger partial charge in [-0.05, 0) is 18.4 Å². The molecular weight excluding hydrogens is 237 g/mol. The highest BCUT2D eigenvalue weighted by Gasteiger charge is 2.35. The lowest BCUT2D eigenvalue weighted by molar-refractivity contribution is -0.177. The van der Waals surface area contributed by atoms with Gasteiger partial charge in [0.25, 0.3) is 0 Å². The van der Waals surface area contributed by atoms with Gasteiger partial charge in [0.15, 0.2) is 0 Å². The summed E-state index contributed by atoms with van der Waals surface area (Å²) in [6.07, 6.45) is -3.62. The zero-order valence-electron chi connectivity index (χ0n) is 9.72. The highest BCUT2D eigenvalue weighted by Crippen LogP contribution is 2.28. The molecule has 1 amide bonds. The number of hydrogen-bond donors (Lipinski definition) is 1. The van der Waals surface area contributed by atoms with E-state index in [0.717, 1.165) is 6.42 Å². The van der Waals surface area contributed by atoms with E-state index in [9.17, 15) is 18.0 Å². The van der Waals surface area contributed by atoms with Crippen LogP contribution in [0.2, 0.25) is 0 Å². The van der Waals surface area contributed by atoms with Crippen LogP contribution in [0.3, 0.4) is 0 Å². The number of ether oxygens (including phenoxy) is 1. The molecule has 0 aromatic rings. The summed E-state index contributed by atoms with van der Waals surface area (Å²) in [6, 6.07) is 0. The summed E-state index contributed by atoms with van der Waals surface area (Å²) in [4.78, 5) is 13.0. The third-order valence-electron chi connectivity index (χ3n) is 2.89. The molecule has 1 heterocycles. The minimum atomic E-state index is -4.39. The Bertz CT molecular complexity index is 283. The number of nitrogens with two attached hydrogens (primary N) is 1. The molecule has 17 heavy (non-hydrogen) atoms. The van der Waals surface area contributed by atoms with Crippen LogP contribution in [0.5, 0.6) is 0 Å². The number of halogens is 3. The van der Waals surface area contributed by atoms with Crippen molar-refractivity contribution >= 4 is 5.91 Å². The Morgan fingerprint density at radius 2 is 2.18 bits per heavy atom. The first-order valence-electron chi connectivity index (χ1n) is 5.38. The van der Waals surface area contributed by atoms with Crippen molar-refractivity contribution in [2.24, 2.45) is 11.1 Å². The second kappa shape index (κ2) is 5.22. The first kappa shape index (κ1) is 14.2. The van der Waals surface area contributed by atoms with E-state index in [1.807, 2.05) is 6.92 Å². The Morgan fingerprint density at radius 3 is 2.65 bits per heavy atom. The quantitative estimate of drug-likeness (QED) is 0.806. The van der Waals surface area contributed by atoms with E-state index in [-0.39, 0.29) is 5.41 Å². The molecule has 0 aromatic carbocycles. The maximum atomic E-state index is 11.8. The number of rotatable bonds is 4. The standard InChI is InChI=1S/C10H17F3N2O2/c1-9(5-14)2-3-15(6-9)8(16)4-17-7-10(11,12)13/h2-7,14H2,1H3. The molecule has 1 atom stereocenters. The van der Waals surface area contributed by atoms with E-state index in [0.29, 0.717) is 19.6 Å². The second-order valence-electron chi connectivity index (χ2n) is 4.69. The lowest BCUT2D eigenvalue weighted by Crippen LogP contribution is -2.36. The second-order valence-corrected chi connectivity index (χ2v) is 4.69. The Labute approximate surface area is 97.9 Å². The van der Waals surface area contributed by atoms with E-state index < -0.39 is 25.3 Å². The smallest absolute Gasteiger partial charge is 0.362 e. The van der Waals surface area contributed by atoms with Crippen molar-refractivity contribution in [1.29, 1.82) is 0 Å². The first-order chi connectivity index (χ1) is 7.76. The van der Waals surface area contributed by atoms with Crippen LogP contribution in [-0.2, 0) is 9.53 Å². The van der Waals surface area contributed by atoms with Crippen LogP contribution in [0.25, 0.3) is 0 Å². The Balaban J connectivity index is 2.31. The molecule has 1 unspecified atom stereocenters. The molecular formula is C10H17F3N2O2. The fourth-order valence-corrected chi connectivity index (χ4v) is 1.75. The van der Waals surface area contributed by atoms with Gasteiger partial charge in [0, 0.05) is 13.1 Å². The van der Waals surface area contributed by atoms with Crippen molar-refractivity contribution in [2.45, 2.75) is 19.5 Å². The van der Waals surface area contributed by atoms with Crippen LogP contribution in [0.15, 0.2) is 0 Å². The van der Waals surface area contributed by atoms with Gasteiger partial charge in [0.05, 0.1) is 0 Å². The third-order valence-corrected chi connectivity index (χ3v) is 2.89. The molecule has 2 N–H and O–H groups in total. The van der Waals surface area contributed by atoms with E-state index in [1.54, 1.807) is 0 Å². The molecule has 1 rings (SSSR count). The number of likely N-dealkylation sites (tertiary alicyclic amines) is 1. The Hall–Kier alpha value is -0.820. The molecule has 0 saturated carbocycles.